The van der Waals surface area contributed by atoms with Crippen LogP contribution in [0.15, 0.2) is 36.5 Å². The lowest BCUT2D eigenvalue weighted by Gasteiger charge is -2.45. The SMILES string of the molecule is Cc1cnc2cccc(C(=O)N3C4CCC[C@H]3c3nn(C)c(-c5cc(F)c(F)c(F)c5)c3C4)n12. The Balaban J connectivity index is 1.46. The van der Waals surface area contributed by atoms with Crippen LogP contribution in [0.2, 0.25) is 0 Å². The molecule has 2 aliphatic rings. The number of imidazole rings is 1. The molecule has 3 aromatic heterocycles. The number of fused-ring (bicyclic) bond motifs is 5. The number of hydrogen-bond donors (Lipinski definition) is 0. The Morgan fingerprint density at radius 2 is 1.88 bits per heavy atom. The standard InChI is InChI=1S/C25H22F3N5O/c1-13-12-29-21-8-4-7-20(32(13)21)25(34)33-15-5-3-6-19(33)23-16(11-15)24(31(2)30-23)14-9-17(26)22(28)18(27)10-14/h4,7-10,12,15,19H,3,5-6,11H2,1-2H3/t15?,19-/m0/s1. The largest absolute Gasteiger partial charge is 0.325 e. The lowest BCUT2D eigenvalue weighted by Crippen LogP contribution is -2.50. The Morgan fingerprint density at radius 1 is 1.12 bits per heavy atom. The highest BCUT2D eigenvalue weighted by Crippen LogP contribution is 2.45. The summed E-state index contributed by atoms with van der Waals surface area (Å²) >= 11 is 0. The van der Waals surface area contributed by atoms with Gasteiger partial charge in [0, 0.05) is 36.1 Å². The van der Waals surface area contributed by atoms with Crippen LogP contribution in [0.3, 0.4) is 0 Å². The van der Waals surface area contributed by atoms with E-state index in [4.69, 9.17) is 5.10 Å². The third-order valence-electron chi connectivity index (χ3n) is 7.09. The fourth-order valence-electron chi connectivity index (χ4n) is 5.69. The fourth-order valence-corrected chi connectivity index (χ4v) is 5.69. The first-order valence-corrected chi connectivity index (χ1v) is 11.3. The number of nitrogens with zero attached hydrogens (tertiary/aromatic N) is 5. The summed E-state index contributed by atoms with van der Waals surface area (Å²) in [5, 5.41) is 4.69. The molecular formula is C25H22F3N5O. The van der Waals surface area contributed by atoms with Gasteiger partial charge in [-0.05, 0) is 56.9 Å². The molecule has 4 aromatic rings. The van der Waals surface area contributed by atoms with Crippen molar-refractivity contribution in [1.29, 1.82) is 0 Å². The number of hydrogen-bond acceptors (Lipinski definition) is 3. The first-order valence-electron chi connectivity index (χ1n) is 11.3. The average Bonchev–Trinajstić information content (AvgIpc) is 3.35. The van der Waals surface area contributed by atoms with Gasteiger partial charge in [0.05, 0.1) is 17.4 Å². The Kier molecular flexibility index (Phi) is 4.59. The maximum Gasteiger partial charge on any atom is 0.271 e. The molecule has 1 saturated heterocycles. The number of carbonyl (C=O) groups is 1. The van der Waals surface area contributed by atoms with Crippen molar-refractivity contribution in [3.05, 3.63) is 76.6 Å². The van der Waals surface area contributed by atoms with Crippen molar-refractivity contribution >= 4 is 11.6 Å². The number of piperidine rings is 1. The van der Waals surface area contributed by atoms with Crippen LogP contribution >= 0.6 is 0 Å². The van der Waals surface area contributed by atoms with Crippen molar-refractivity contribution in [1.82, 2.24) is 24.1 Å². The third kappa shape index (κ3) is 2.92. The maximum atomic E-state index is 14.0. The lowest BCUT2D eigenvalue weighted by atomic mass is 9.81. The Bertz CT molecular complexity index is 1450. The second kappa shape index (κ2) is 7.44. The summed E-state index contributed by atoms with van der Waals surface area (Å²) in [5.74, 6) is -4.04. The van der Waals surface area contributed by atoms with Gasteiger partial charge in [0.1, 0.15) is 11.3 Å². The predicted molar refractivity (Wildman–Crippen MR) is 119 cm³/mol. The minimum Gasteiger partial charge on any atom is -0.325 e. The van der Waals surface area contributed by atoms with E-state index < -0.39 is 17.5 Å². The second-order valence-corrected chi connectivity index (χ2v) is 9.11. The number of carbonyl (C=O) groups excluding carboxylic acids is 1. The number of amides is 1. The Morgan fingerprint density at radius 3 is 2.65 bits per heavy atom. The summed E-state index contributed by atoms with van der Waals surface area (Å²) in [6.07, 6.45) is 4.78. The summed E-state index contributed by atoms with van der Waals surface area (Å²) in [6, 6.07) is 7.20. The molecule has 5 heterocycles. The van der Waals surface area contributed by atoms with Crippen LogP contribution in [0.5, 0.6) is 0 Å². The summed E-state index contributed by atoms with van der Waals surface area (Å²) in [7, 11) is 1.71. The topological polar surface area (TPSA) is 55.4 Å². The summed E-state index contributed by atoms with van der Waals surface area (Å²) in [5.41, 5.74) is 4.54. The van der Waals surface area contributed by atoms with Gasteiger partial charge in [0.2, 0.25) is 0 Å². The van der Waals surface area contributed by atoms with Crippen LogP contribution < -0.4 is 0 Å². The van der Waals surface area contributed by atoms with Crippen LogP contribution in [0.1, 0.15) is 52.7 Å². The molecular weight excluding hydrogens is 443 g/mol. The molecule has 2 aliphatic heterocycles. The maximum absolute atomic E-state index is 14.0. The molecule has 6 nitrogen and oxygen atoms in total. The lowest BCUT2D eigenvalue weighted by molar-refractivity contribution is 0.0384. The fraction of sp³-hybridized carbons (Fsp3) is 0.320. The Hall–Kier alpha value is -3.62. The quantitative estimate of drug-likeness (QED) is 0.402. The first-order chi connectivity index (χ1) is 16.3. The monoisotopic (exact) mass is 465 g/mol. The van der Waals surface area contributed by atoms with Crippen molar-refractivity contribution in [2.24, 2.45) is 7.05 Å². The van der Waals surface area contributed by atoms with Gasteiger partial charge in [-0.15, -0.1) is 0 Å². The van der Waals surface area contributed by atoms with Gasteiger partial charge >= 0.3 is 0 Å². The molecule has 34 heavy (non-hydrogen) atoms. The smallest absolute Gasteiger partial charge is 0.271 e. The highest BCUT2D eigenvalue weighted by atomic mass is 19.2. The Labute approximate surface area is 193 Å². The van der Waals surface area contributed by atoms with E-state index in [2.05, 4.69) is 4.98 Å². The van der Waals surface area contributed by atoms with Crippen molar-refractivity contribution < 1.29 is 18.0 Å². The van der Waals surface area contributed by atoms with Gasteiger partial charge in [0.15, 0.2) is 17.5 Å². The zero-order chi connectivity index (χ0) is 23.7. The molecule has 1 aromatic carbocycles. The minimum atomic E-state index is -1.49. The van der Waals surface area contributed by atoms with Crippen molar-refractivity contribution in [3.8, 4) is 11.3 Å². The van der Waals surface area contributed by atoms with E-state index in [1.807, 2.05) is 34.4 Å². The number of rotatable bonds is 2. The van der Waals surface area contributed by atoms with E-state index in [-0.39, 0.29) is 23.6 Å². The van der Waals surface area contributed by atoms with E-state index in [9.17, 15) is 18.0 Å². The van der Waals surface area contributed by atoms with E-state index >= 15 is 0 Å². The molecule has 0 saturated carbocycles. The summed E-state index contributed by atoms with van der Waals surface area (Å²) in [4.78, 5) is 20.2. The highest BCUT2D eigenvalue weighted by Gasteiger charge is 2.44. The molecule has 174 valence electrons. The second-order valence-electron chi connectivity index (χ2n) is 9.11. The molecule has 2 bridgehead atoms. The number of benzene rings is 1. The molecule has 9 heteroatoms. The summed E-state index contributed by atoms with van der Waals surface area (Å²) in [6.45, 7) is 1.91. The molecule has 1 amide bonds. The minimum absolute atomic E-state index is 0.0732. The zero-order valence-corrected chi connectivity index (χ0v) is 18.7. The number of aromatic nitrogens is 4. The van der Waals surface area contributed by atoms with Gasteiger partial charge in [-0.2, -0.15) is 5.10 Å². The van der Waals surface area contributed by atoms with Gasteiger partial charge in [-0.1, -0.05) is 6.07 Å². The summed E-state index contributed by atoms with van der Waals surface area (Å²) < 4.78 is 45.0. The average molecular weight is 465 g/mol. The molecule has 0 aliphatic carbocycles. The molecule has 1 fully saturated rings. The van der Waals surface area contributed by atoms with Crippen LogP contribution in [-0.4, -0.2) is 36.0 Å². The third-order valence-corrected chi connectivity index (χ3v) is 7.09. The van der Waals surface area contributed by atoms with E-state index in [1.54, 1.807) is 17.9 Å². The van der Waals surface area contributed by atoms with Gasteiger partial charge in [-0.3, -0.25) is 13.9 Å². The van der Waals surface area contributed by atoms with Gasteiger partial charge in [0.25, 0.3) is 5.91 Å². The van der Waals surface area contributed by atoms with Gasteiger partial charge in [-0.25, -0.2) is 18.2 Å². The molecule has 6 rings (SSSR count). The van der Waals surface area contributed by atoms with Crippen LogP contribution in [0, 0.1) is 24.4 Å². The van der Waals surface area contributed by atoms with Crippen LogP contribution in [-0.2, 0) is 13.5 Å². The molecule has 0 spiro atoms. The van der Waals surface area contributed by atoms with Crippen molar-refractivity contribution in [2.75, 3.05) is 0 Å². The van der Waals surface area contributed by atoms with Gasteiger partial charge < -0.3 is 4.90 Å². The number of halogens is 3. The van der Waals surface area contributed by atoms with Crippen molar-refractivity contribution in [2.45, 2.75) is 44.7 Å². The van der Waals surface area contributed by atoms with Crippen molar-refractivity contribution in [3.63, 3.8) is 0 Å². The molecule has 2 atom stereocenters. The number of pyridine rings is 1. The molecule has 1 unspecified atom stereocenters. The normalized spacial score (nSPS) is 19.5. The number of aryl methyl sites for hydroxylation is 2. The van der Waals surface area contributed by atoms with Crippen LogP contribution in [0.25, 0.3) is 16.9 Å². The molecule has 0 N–H and O–H groups in total. The van der Waals surface area contributed by atoms with E-state index in [0.717, 1.165) is 48.3 Å². The zero-order valence-electron chi connectivity index (χ0n) is 18.7. The van der Waals surface area contributed by atoms with E-state index in [0.29, 0.717) is 23.5 Å². The van der Waals surface area contributed by atoms with Crippen LogP contribution in [0.4, 0.5) is 13.2 Å². The molecule has 0 radical (unpaired) electrons. The van der Waals surface area contributed by atoms with E-state index in [1.165, 1.54) is 0 Å². The predicted octanol–water partition coefficient (Wildman–Crippen LogP) is 4.75. The first kappa shape index (κ1) is 20.9. The highest BCUT2D eigenvalue weighted by molar-refractivity contribution is 5.94.